The second-order valence-electron chi connectivity index (χ2n) is 9.20. The standard InChI is InChI=1S/C25H28F3IN2O4/c1-24(2,22(32)33)35-21-12-9-16(13-20(21)29)5-4-6-19-15-31(23(34)30(19)3)14-17-7-10-18(11-8-17)25(26,27)28/h7-13,19H,4-6,14-15H2,1-3H3,(H,32,33). The van der Waals surface area contributed by atoms with Crippen LogP contribution in [0.25, 0.3) is 0 Å². The number of amides is 2. The third-order valence-corrected chi connectivity index (χ3v) is 6.93. The van der Waals surface area contributed by atoms with Crippen molar-refractivity contribution in [2.45, 2.75) is 57.5 Å². The van der Waals surface area contributed by atoms with Crippen LogP contribution in [0.1, 0.15) is 43.4 Å². The molecule has 0 bridgehead atoms. The SMILES string of the molecule is CN1C(=O)N(Cc2ccc(C(F)(F)F)cc2)CC1CCCc1ccc(OC(C)(C)C(=O)O)c(I)c1. The number of benzene rings is 2. The number of ether oxygens (including phenoxy) is 1. The van der Waals surface area contributed by atoms with Gasteiger partial charge in [-0.05, 0) is 91.1 Å². The molecule has 1 aliphatic rings. The molecule has 0 aliphatic carbocycles. The number of nitrogens with zero attached hydrogens (tertiary/aromatic N) is 2. The Balaban J connectivity index is 1.53. The number of aryl methyl sites for hydroxylation is 1. The van der Waals surface area contributed by atoms with Crippen molar-refractivity contribution >= 4 is 34.6 Å². The van der Waals surface area contributed by atoms with E-state index in [0.29, 0.717) is 17.9 Å². The number of hydrogen-bond donors (Lipinski definition) is 1. The van der Waals surface area contributed by atoms with Crippen LogP contribution in [0.15, 0.2) is 42.5 Å². The Kier molecular flexibility index (Phi) is 8.23. The van der Waals surface area contributed by atoms with Gasteiger partial charge in [0.25, 0.3) is 0 Å². The maximum Gasteiger partial charge on any atom is 0.416 e. The Bertz CT molecular complexity index is 1070. The predicted octanol–water partition coefficient (Wildman–Crippen LogP) is 5.81. The molecule has 2 aromatic carbocycles. The second kappa shape index (κ2) is 10.6. The fourth-order valence-electron chi connectivity index (χ4n) is 3.91. The van der Waals surface area contributed by atoms with Crippen molar-refractivity contribution in [1.29, 1.82) is 0 Å². The maximum absolute atomic E-state index is 12.8. The average Bonchev–Trinajstić information content (AvgIpc) is 3.03. The highest BCUT2D eigenvalue weighted by molar-refractivity contribution is 14.1. The lowest BCUT2D eigenvalue weighted by atomic mass is 10.0. The van der Waals surface area contributed by atoms with Gasteiger partial charge in [-0.1, -0.05) is 18.2 Å². The topological polar surface area (TPSA) is 70.1 Å². The van der Waals surface area contributed by atoms with E-state index < -0.39 is 23.3 Å². The van der Waals surface area contributed by atoms with Crippen LogP contribution in [0.4, 0.5) is 18.0 Å². The van der Waals surface area contributed by atoms with Gasteiger partial charge in [-0.2, -0.15) is 13.2 Å². The van der Waals surface area contributed by atoms with Crippen LogP contribution in [-0.4, -0.2) is 52.1 Å². The van der Waals surface area contributed by atoms with Gasteiger partial charge in [0.15, 0.2) is 5.60 Å². The first-order chi connectivity index (χ1) is 16.3. The van der Waals surface area contributed by atoms with E-state index >= 15 is 0 Å². The van der Waals surface area contributed by atoms with E-state index in [1.54, 1.807) is 22.9 Å². The molecule has 3 rings (SSSR count). The van der Waals surface area contributed by atoms with Gasteiger partial charge in [-0.3, -0.25) is 0 Å². The molecule has 1 N–H and O–H groups in total. The minimum absolute atomic E-state index is 0.0231. The van der Waals surface area contributed by atoms with Crippen LogP contribution in [0.3, 0.4) is 0 Å². The zero-order chi connectivity index (χ0) is 26.0. The van der Waals surface area contributed by atoms with E-state index in [2.05, 4.69) is 22.6 Å². The number of rotatable bonds is 9. The molecule has 0 radical (unpaired) electrons. The van der Waals surface area contributed by atoms with Crippen molar-refractivity contribution in [3.8, 4) is 5.75 Å². The molecule has 1 fully saturated rings. The summed E-state index contributed by atoms with van der Waals surface area (Å²) in [7, 11) is 1.75. The Morgan fingerprint density at radius 2 is 1.77 bits per heavy atom. The summed E-state index contributed by atoms with van der Waals surface area (Å²) < 4.78 is 44.8. The lowest BCUT2D eigenvalue weighted by molar-refractivity contribution is -0.152. The first-order valence-electron chi connectivity index (χ1n) is 11.2. The number of carbonyl (C=O) groups excluding carboxylic acids is 1. The highest BCUT2D eigenvalue weighted by Crippen LogP contribution is 2.30. The summed E-state index contributed by atoms with van der Waals surface area (Å²) in [6.45, 7) is 3.79. The van der Waals surface area contributed by atoms with E-state index in [1.807, 2.05) is 12.1 Å². The Morgan fingerprint density at radius 3 is 2.34 bits per heavy atom. The number of carbonyl (C=O) groups is 2. The van der Waals surface area contributed by atoms with Gasteiger partial charge in [0.2, 0.25) is 0 Å². The number of halogens is 4. The number of alkyl halides is 3. The Labute approximate surface area is 216 Å². The monoisotopic (exact) mass is 604 g/mol. The molecule has 6 nitrogen and oxygen atoms in total. The molecular weight excluding hydrogens is 576 g/mol. The summed E-state index contributed by atoms with van der Waals surface area (Å²) in [5, 5.41) is 9.25. The number of likely N-dealkylation sites (N-methyl/N-ethyl adjacent to an activating group) is 1. The molecule has 1 atom stereocenters. The molecule has 1 saturated heterocycles. The molecule has 2 amide bonds. The first kappa shape index (κ1) is 27.1. The van der Waals surface area contributed by atoms with Gasteiger partial charge in [0.05, 0.1) is 15.2 Å². The van der Waals surface area contributed by atoms with Crippen molar-refractivity contribution in [2.75, 3.05) is 13.6 Å². The fourth-order valence-corrected chi connectivity index (χ4v) is 4.60. The summed E-state index contributed by atoms with van der Waals surface area (Å²) in [6.07, 6.45) is -1.97. The average molecular weight is 604 g/mol. The van der Waals surface area contributed by atoms with Gasteiger partial charge in [0, 0.05) is 20.1 Å². The molecule has 0 aromatic heterocycles. The minimum Gasteiger partial charge on any atom is -0.478 e. The van der Waals surface area contributed by atoms with Crippen molar-refractivity contribution in [3.63, 3.8) is 0 Å². The van der Waals surface area contributed by atoms with Crippen molar-refractivity contribution in [3.05, 3.63) is 62.7 Å². The van der Waals surface area contributed by atoms with Crippen LogP contribution >= 0.6 is 22.6 Å². The largest absolute Gasteiger partial charge is 0.478 e. The van der Waals surface area contributed by atoms with Gasteiger partial charge in [-0.15, -0.1) is 0 Å². The number of hydrogen-bond acceptors (Lipinski definition) is 3. The minimum atomic E-state index is -4.38. The molecule has 0 spiro atoms. The quantitative estimate of drug-likeness (QED) is 0.367. The van der Waals surface area contributed by atoms with Crippen LogP contribution < -0.4 is 4.74 Å². The van der Waals surface area contributed by atoms with Crippen molar-refractivity contribution in [2.24, 2.45) is 0 Å². The zero-order valence-electron chi connectivity index (χ0n) is 19.7. The van der Waals surface area contributed by atoms with Gasteiger partial charge < -0.3 is 19.6 Å². The van der Waals surface area contributed by atoms with Gasteiger partial charge in [0.1, 0.15) is 5.75 Å². The lowest BCUT2D eigenvalue weighted by Gasteiger charge is -2.22. The molecule has 1 aliphatic heterocycles. The molecule has 10 heteroatoms. The highest BCUT2D eigenvalue weighted by Gasteiger charge is 2.35. The Hall–Kier alpha value is -2.50. The summed E-state index contributed by atoms with van der Waals surface area (Å²) in [5.41, 5.74) is -0.288. The van der Waals surface area contributed by atoms with E-state index in [0.717, 1.165) is 40.5 Å². The predicted molar refractivity (Wildman–Crippen MR) is 133 cm³/mol. The van der Waals surface area contributed by atoms with E-state index in [1.165, 1.54) is 26.0 Å². The summed E-state index contributed by atoms with van der Waals surface area (Å²) >= 11 is 2.12. The third kappa shape index (κ3) is 6.80. The molecular formula is C25H28F3IN2O4. The summed E-state index contributed by atoms with van der Waals surface area (Å²) in [6, 6.07) is 10.5. The summed E-state index contributed by atoms with van der Waals surface area (Å²) in [4.78, 5) is 27.3. The Morgan fingerprint density at radius 1 is 1.14 bits per heavy atom. The normalized spacial score (nSPS) is 16.7. The number of aliphatic carboxylic acids is 1. The zero-order valence-corrected chi connectivity index (χ0v) is 21.9. The van der Waals surface area contributed by atoms with Crippen LogP contribution in [-0.2, 0) is 23.9 Å². The van der Waals surface area contributed by atoms with E-state index in [4.69, 9.17) is 4.74 Å². The van der Waals surface area contributed by atoms with Crippen LogP contribution in [0.5, 0.6) is 5.75 Å². The third-order valence-electron chi connectivity index (χ3n) is 6.09. The number of urea groups is 1. The highest BCUT2D eigenvalue weighted by atomic mass is 127. The van der Waals surface area contributed by atoms with Crippen LogP contribution in [0.2, 0.25) is 0 Å². The summed E-state index contributed by atoms with van der Waals surface area (Å²) in [5.74, 6) is -0.526. The number of carboxylic acids is 1. The molecule has 1 unspecified atom stereocenters. The van der Waals surface area contributed by atoms with Crippen molar-refractivity contribution in [1.82, 2.24) is 9.80 Å². The second-order valence-corrected chi connectivity index (χ2v) is 10.4. The van der Waals surface area contributed by atoms with Crippen LogP contribution in [0, 0.1) is 3.57 Å². The molecule has 0 saturated carbocycles. The molecule has 35 heavy (non-hydrogen) atoms. The molecule has 1 heterocycles. The van der Waals surface area contributed by atoms with Gasteiger partial charge in [-0.25, -0.2) is 9.59 Å². The maximum atomic E-state index is 12.8. The number of carboxylic acid groups (broad SMARTS) is 1. The van der Waals surface area contributed by atoms with E-state index in [-0.39, 0.29) is 18.6 Å². The molecule has 190 valence electrons. The van der Waals surface area contributed by atoms with E-state index in [9.17, 15) is 27.9 Å². The lowest BCUT2D eigenvalue weighted by Crippen LogP contribution is -2.38. The van der Waals surface area contributed by atoms with Gasteiger partial charge >= 0.3 is 18.2 Å². The smallest absolute Gasteiger partial charge is 0.416 e. The fraction of sp³-hybridized carbons (Fsp3) is 0.440. The van der Waals surface area contributed by atoms with Crippen molar-refractivity contribution < 1.29 is 32.6 Å². The molecule has 2 aromatic rings. The first-order valence-corrected chi connectivity index (χ1v) is 12.2.